The number of halogens is 4. The van der Waals surface area contributed by atoms with Crippen molar-refractivity contribution in [2.75, 3.05) is 13.2 Å². The van der Waals surface area contributed by atoms with Crippen molar-refractivity contribution in [1.82, 2.24) is 0 Å². The summed E-state index contributed by atoms with van der Waals surface area (Å²) in [5.41, 5.74) is 0. The Balaban J connectivity index is 0. The summed E-state index contributed by atoms with van der Waals surface area (Å²) in [6.45, 7) is 5.67. The highest BCUT2D eigenvalue weighted by atomic mass is 35.6. The van der Waals surface area contributed by atoms with Crippen molar-refractivity contribution in [2.24, 2.45) is 0 Å². The van der Waals surface area contributed by atoms with Crippen molar-refractivity contribution in [3.05, 3.63) is 0 Å². The molecule has 0 amide bonds. The molecule has 0 aromatic rings. The van der Waals surface area contributed by atoms with E-state index in [1.54, 1.807) is 0 Å². The molecule has 64 valence electrons. The van der Waals surface area contributed by atoms with Gasteiger partial charge in [-0.2, -0.15) is 4.39 Å². The van der Waals surface area contributed by atoms with E-state index in [0.717, 1.165) is 13.2 Å². The quantitative estimate of drug-likeness (QED) is 0.637. The van der Waals surface area contributed by atoms with Crippen molar-refractivity contribution in [2.45, 2.75) is 17.9 Å². The van der Waals surface area contributed by atoms with Gasteiger partial charge in [-0.15, -0.1) is 0 Å². The molecule has 0 spiro atoms. The number of hydrogen-bond donors (Lipinski definition) is 0. The van der Waals surface area contributed by atoms with Crippen LogP contribution >= 0.6 is 34.8 Å². The van der Waals surface area contributed by atoms with Gasteiger partial charge in [-0.1, -0.05) is 0 Å². The number of ether oxygens (including phenoxy) is 1. The van der Waals surface area contributed by atoms with Gasteiger partial charge in [0.05, 0.1) is 0 Å². The first-order chi connectivity index (χ1) is 4.41. The Bertz CT molecular complexity index is 56.4. The first kappa shape index (κ1) is 13.4. The molecule has 0 atom stereocenters. The Morgan fingerprint density at radius 1 is 1.20 bits per heavy atom. The zero-order valence-corrected chi connectivity index (χ0v) is 8.10. The zero-order chi connectivity index (χ0) is 8.62. The van der Waals surface area contributed by atoms with Gasteiger partial charge < -0.3 is 4.74 Å². The van der Waals surface area contributed by atoms with Gasteiger partial charge in [0.15, 0.2) is 0 Å². The molecule has 5 heteroatoms. The molecule has 0 aliphatic heterocycles. The highest BCUT2D eigenvalue weighted by Gasteiger charge is 2.14. The summed E-state index contributed by atoms with van der Waals surface area (Å²) in [7, 11) is 0. The predicted molar refractivity (Wildman–Crippen MR) is 43.6 cm³/mol. The molecular weight excluding hydrogens is 201 g/mol. The molecule has 0 fully saturated rings. The largest absolute Gasteiger partial charge is 0.382 e. The number of alkyl halides is 4. The fraction of sp³-hybridized carbons (Fsp3) is 1.00. The molecule has 0 radical (unpaired) electrons. The molecule has 0 aliphatic carbocycles. The molecule has 0 saturated heterocycles. The lowest BCUT2D eigenvalue weighted by atomic mass is 10.8. The monoisotopic (exact) mass is 210 g/mol. The topological polar surface area (TPSA) is 9.23 Å². The highest BCUT2D eigenvalue weighted by molar-refractivity contribution is 6.66. The van der Waals surface area contributed by atoms with Gasteiger partial charge in [0, 0.05) is 13.2 Å². The molecule has 0 unspecified atom stereocenters. The van der Waals surface area contributed by atoms with Crippen LogP contribution in [0, 0.1) is 0 Å². The third-order valence-electron chi connectivity index (χ3n) is 0.408. The minimum atomic E-state index is -2.58. The minimum absolute atomic E-state index is 0.844. The van der Waals surface area contributed by atoms with E-state index in [1.807, 2.05) is 13.8 Å². The fourth-order valence-corrected chi connectivity index (χ4v) is 0.204. The minimum Gasteiger partial charge on any atom is -0.382 e. The van der Waals surface area contributed by atoms with E-state index in [9.17, 15) is 4.39 Å². The second-order valence-corrected chi connectivity index (χ2v) is 3.35. The molecule has 0 aliphatic rings. The Labute approximate surface area is 75.4 Å². The van der Waals surface area contributed by atoms with Crippen LogP contribution in [0.4, 0.5) is 4.39 Å². The van der Waals surface area contributed by atoms with Gasteiger partial charge in [0.2, 0.25) is 0 Å². The lowest BCUT2D eigenvalue weighted by molar-refractivity contribution is 0.162. The molecule has 0 saturated carbocycles. The molecule has 0 heterocycles. The number of hydrogen-bond acceptors (Lipinski definition) is 1. The van der Waals surface area contributed by atoms with E-state index in [4.69, 9.17) is 4.74 Å². The van der Waals surface area contributed by atoms with Crippen LogP contribution in [0.2, 0.25) is 0 Å². The van der Waals surface area contributed by atoms with Crippen LogP contribution in [-0.2, 0) is 4.74 Å². The van der Waals surface area contributed by atoms with Crippen molar-refractivity contribution >= 4 is 34.8 Å². The Morgan fingerprint density at radius 3 is 1.40 bits per heavy atom. The maximum absolute atomic E-state index is 11.0. The number of rotatable bonds is 2. The summed E-state index contributed by atoms with van der Waals surface area (Å²) in [5, 5.41) is 0. The Kier molecular flexibility index (Phi) is 10.5. The summed E-state index contributed by atoms with van der Waals surface area (Å²) in [6, 6.07) is 0. The summed E-state index contributed by atoms with van der Waals surface area (Å²) >= 11 is 13.2. The molecule has 1 nitrogen and oxygen atoms in total. The summed E-state index contributed by atoms with van der Waals surface area (Å²) in [6.07, 6.45) is 0. The van der Waals surface area contributed by atoms with Gasteiger partial charge in [-0.05, 0) is 48.7 Å². The van der Waals surface area contributed by atoms with Crippen LogP contribution in [0.3, 0.4) is 0 Å². The lowest BCUT2D eigenvalue weighted by Gasteiger charge is -1.89. The molecule has 0 aromatic carbocycles. The van der Waals surface area contributed by atoms with E-state index >= 15 is 0 Å². The maximum atomic E-state index is 11.0. The molecule has 0 rings (SSSR count). The normalized spacial score (nSPS) is 10.2. The lowest BCUT2D eigenvalue weighted by Crippen LogP contribution is -1.84. The van der Waals surface area contributed by atoms with Crippen LogP contribution < -0.4 is 0 Å². The molecule has 0 bridgehead atoms. The van der Waals surface area contributed by atoms with Gasteiger partial charge in [0.1, 0.15) is 0 Å². The van der Waals surface area contributed by atoms with Crippen LogP contribution in [0.15, 0.2) is 0 Å². The molecule has 0 aromatic heterocycles. The second kappa shape index (κ2) is 7.86. The smallest absolute Gasteiger partial charge is 0.333 e. The van der Waals surface area contributed by atoms with Crippen LogP contribution in [0.5, 0.6) is 0 Å². The van der Waals surface area contributed by atoms with E-state index in [-0.39, 0.29) is 0 Å². The van der Waals surface area contributed by atoms with Crippen molar-refractivity contribution in [3.8, 4) is 0 Å². The summed E-state index contributed by atoms with van der Waals surface area (Å²) in [5.74, 6) is 0. The summed E-state index contributed by atoms with van der Waals surface area (Å²) < 4.78 is 13.2. The predicted octanol–water partition coefficient (Wildman–Crippen LogP) is 3.33. The third-order valence-corrected chi connectivity index (χ3v) is 0.408. The Morgan fingerprint density at radius 2 is 1.40 bits per heavy atom. The fourth-order valence-electron chi connectivity index (χ4n) is 0.204. The highest BCUT2D eigenvalue weighted by Crippen LogP contribution is 2.26. The third kappa shape index (κ3) is 69.2. The van der Waals surface area contributed by atoms with Crippen molar-refractivity contribution in [1.29, 1.82) is 0 Å². The van der Waals surface area contributed by atoms with Crippen LogP contribution in [0.25, 0.3) is 0 Å². The molecular formula is C5H10Cl3FO. The maximum Gasteiger partial charge on any atom is 0.333 e. The van der Waals surface area contributed by atoms with Gasteiger partial charge >= 0.3 is 4.05 Å². The SMILES string of the molecule is CCOCC.FC(Cl)(Cl)Cl. The van der Waals surface area contributed by atoms with Crippen molar-refractivity contribution in [3.63, 3.8) is 0 Å². The van der Waals surface area contributed by atoms with E-state index in [1.165, 1.54) is 0 Å². The summed E-state index contributed by atoms with van der Waals surface area (Å²) in [4.78, 5) is 0. The average Bonchev–Trinajstić information content (AvgIpc) is 1.63. The zero-order valence-electron chi connectivity index (χ0n) is 5.83. The van der Waals surface area contributed by atoms with Gasteiger partial charge in [-0.3, -0.25) is 0 Å². The van der Waals surface area contributed by atoms with E-state index in [2.05, 4.69) is 34.8 Å². The molecule has 10 heavy (non-hydrogen) atoms. The van der Waals surface area contributed by atoms with Gasteiger partial charge in [0.25, 0.3) is 0 Å². The standard InChI is InChI=1S/C4H10O.CCl3F/c1-3-5-4-2;2-1(3,4)5/h3-4H2,1-2H3;. The Hall–Kier alpha value is 0.760. The first-order valence-electron chi connectivity index (χ1n) is 2.75. The van der Waals surface area contributed by atoms with Crippen LogP contribution in [0.1, 0.15) is 13.8 Å². The van der Waals surface area contributed by atoms with E-state index in [0.29, 0.717) is 0 Å². The first-order valence-corrected chi connectivity index (χ1v) is 3.88. The van der Waals surface area contributed by atoms with Gasteiger partial charge in [-0.25, -0.2) is 0 Å². The van der Waals surface area contributed by atoms with Crippen LogP contribution in [-0.4, -0.2) is 17.3 Å². The van der Waals surface area contributed by atoms with E-state index < -0.39 is 4.05 Å². The average molecular weight is 211 g/mol. The molecule has 0 N–H and O–H groups in total. The second-order valence-electron chi connectivity index (χ2n) is 1.21. The van der Waals surface area contributed by atoms with Crippen molar-refractivity contribution < 1.29 is 9.13 Å².